The van der Waals surface area contributed by atoms with Crippen LogP contribution in [0.25, 0.3) is 0 Å². The second kappa shape index (κ2) is 4.08. The van der Waals surface area contributed by atoms with Gasteiger partial charge in [0.05, 0.1) is 0 Å². The number of alkyl halides is 1. The summed E-state index contributed by atoms with van der Waals surface area (Å²) in [6.45, 7) is 1.93. The van der Waals surface area contributed by atoms with Gasteiger partial charge in [-0.15, -0.1) is 0 Å². The highest BCUT2D eigenvalue weighted by molar-refractivity contribution is 9.10. The molecule has 0 radical (unpaired) electrons. The van der Waals surface area contributed by atoms with Crippen molar-refractivity contribution < 1.29 is 8.42 Å². The van der Waals surface area contributed by atoms with Crippen LogP contribution in [-0.2, 0) is 10.0 Å². The van der Waals surface area contributed by atoms with Crippen LogP contribution >= 0.6 is 15.9 Å². The summed E-state index contributed by atoms with van der Waals surface area (Å²) in [7, 11) is -3.09. The lowest BCUT2D eigenvalue weighted by atomic mass is 10.3. The first kappa shape index (κ1) is 10.9. The van der Waals surface area contributed by atoms with Gasteiger partial charge in [-0.1, -0.05) is 15.9 Å². The van der Waals surface area contributed by atoms with E-state index in [9.17, 15) is 8.42 Å². The van der Waals surface area contributed by atoms with Crippen LogP contribution in [0, 0.1) is 0 Å². The van der Waals surface area contributed by atoms with Gasteiger partial charge in [-0.3, -0.25) is 4.90 Å². The summed E-state index contributed by atoms with van der Waals surface area (Å²) < 4.78 is 25.2. The van der Waals surface area contributed by atoms with Crippen LogP contribution in [0.5, 0.6) is 0 Å². The lowest BCUT2D eigenvalue weighted by Crippen LogP contribution is -2.37. The Hall–Kier alpha value is 0.350. The molecule has 1 heterocycles. The normalized spacial score (nSPS) is 29.6. The minimum Gasteiger partial charge on any atom is -0.299 e. The highest BCUT2D eigenvalue weighted by atomic mass is 79.9. The third-order valence-corrected chi connectivity index (χ3v) is 5.56. The zero-order chi connectivity index (χ0) is 10.2. The largest absolute Gasteiger partial charge is 0.299 e. The number of nitrogens with one attached hydrogen (secondary N) is 1. The van der Waals surface area contributed by atoms with E-state index in [4.69, 9.17) is 0 Å². The van der Waals surface area contributed by atoms with Gasteiger partial charge in [-0.25, -0.2) is 13.1 Å². The van der Waals surface area contributed by atoms with Gasteiger partial charge >= 0.3 is 0 Å². The maximum atomic E-state index is 11.3. The van der Waals surface area contributed by atoms with E-state index in [1.807, 2.05) is 0 Å². The van der Waals surface area contributed by atoms with Gasteiger partial charge in [-0.2, -0.15) is 0 Å². The van der Waals surface area contributed by atoms with Crippen molar-refractivity contribution in [3.05, 3.63) is 0 Å². The van der Waals surface area contributed by atoms with Gasteiger partial charge in [0.1, 0.15) is 4.66 Å². The molecule has 0 bridgehead atoms. The minimum absolute atomic E-state index is 0.0000709. The number of hydrogen-bond donors (Lipinski definition) is 1. The van der Waals surface area contributed by atoms with E-state index in [0.717, 1.165) is 25.6 Å². The summed E-state index contributed by atoms with van der Waals surface area (Å²) in [4.78, 5) is 2.39. The Morgan fingerprint density at radius 2 is 2.07 bits per heavy atom. The monoisotopic (exact) mass is 282 g/mol. The van der Waals surface area contributed by atoms with Crippen molar-refractivity contribution in [2.24, 2.45) is 0 Å². The Labute approximate surface area is 93.2 Å². The maximum Gasteiger partial charge on any atom is 0.221 e. The second-order valence-corrected chi connectivity index (χ2v) is 7.11. The SMILES string of the molecule is O=S(=O)(CBr)NC1CCN(C2CC2)C1. The first-order valence-corrected chi connectivity index (χ1v) is 7.68. The molecular formula is C8H15BrN2O2S. The van der Waals surface area contributed by atoms with Crippen molar-refractivity contribution in [2.45, 2.75) is 31.3 Å². The summed E-state index contributed by atoms with van der Waals surface area (Å²) in [6.07, 6.45) is 3.53. The van der Waals surface area contributed by atoms with Crippen molar-refractivity contribution in [3.63, 3.8) is 0 Å². The zero-order valence-electron chi connectivity index (χ0n) is 7.95. The van der Waals surface area contributed by atoms with Crippen LogP contribution in [0.15, 0.2) is 0 Å². The molecule has 0 spiro atoms. The zero-order valence-corrected chi connectivity index (χ0v) is 10.3. The molecule has 1 aliphatic carbocycles. The molecule has 1 saturated carbocycles. The molecule has 1 aliphatic heterocycles. The highest BCUT2D eigenvalue weighted by Crippen LogP contribution is 2.29. The van der Waals surface area contributed by atoms with Crippen molar-refractivity contribution in [1.29, 1.82) is 0 Å². The van der Waals surface area contributed by atoms with E-state index < -0.39 is 10.0 Å². The van der Waals surface area contributed by atoms with Crippen molar-refractivity contribution in [1.82, 2.24) is 9.62 Å². The lowest BCUT2D eigenvalue weighted by Gasteiger charge is -2.15. The molecule has 2 rings (SSSR count). The summed E-state index contributed by atoms with van der Waals surface area (Å²) >= 11 is 2.97. The molecule has 0 aromatic carbocycles. The van der Waals surface area contributed by atoms with E-state index >= 15 is 0 Å². The molecule has 0 aromatic rings. The van der Waals surface area contributed by atoms with E-state index in [0.29, 0.717) is 0 Å². The fraction of sp³-hybridized carbons (Fsp3) is 1.00. The van der Waals surface area contributed by atoms with E-state index in [1.54, 1.807) is 0 Å². The Balaban J connectivity index is 1.83. The molecule has 2 aliphatic rings. The maximum absolute atomic E-state index is 11.3. The quantitative estimate of drug-likeness (QED) is 0.764. The predicted octanol–water partition coefficient (Wildman–Crippen LogP) is 0.495. The Bertz CT molecular complexity index is 302. The predicted molar refractivity (Wildman–Crippen MR) is 58.8 cm³/mol. The Morgan fingerprint density at radius 1 is 1.36 bits per heavy atom. The lowest BCUT2D eigenvalue weighted by molar-refractivity contribution is 0.322. The first-order chi connectivity index (χ1) is 6.61. The van der Waals surface area contributed by atoms with Crippen molar-refractivity contribution >= 4 is 26.0 Å². The molecule has 0 amide bonds. The average molecular weight is 283 g/mol. The average Bonchev–Trinajstić information content (AvgIpc) is 2.89. The van der Waals surface area contributed by atoms with Gasteiger partial charge < -0.3 is 0 Å². The summed E-state index contributed by atoms with van der Waals surface area (Å²) in [6, 6.07) is 0.867. The summed E-state index contributed by atoms with van der Waals surface area (Å²) in [5.74, 6) is 0. The number of nitrogens with zero attached hydrogens (tertiary/aromatic N) is 1. The number of sulfonamides is 1. The van der Waals surface area contributed by atoms with Crippen LogP contribution in [-0.4, -0.2) is 43.2 Å². The number of halogens is 1. The topological polar surface area (TPSA) is 49.4 Å². The Morgan fingerprint density at radius 3 is 2.64 bits per heavy atom. The molecule has 1 atom stereocenters. The molecule has 6 heteroatoms. The third kappa shape index (κ3) is 2.68. The van der Waals surface area contributed by atoms with Crippen molar-refractivity contribution in [3.8, 4) is 0 Å². The van der Waals surface area contributed by atoms with E-state index in [-0.39, 0.29) is 10.7 Å². The highest BCUT2D eigenvalue weighted by Gasteiger charge is 2.35. The number of likely N-dealkylation sites (tertiary alicyclic amines) is 1. The smallest absolute Gasteiger partial charge is 0.221 e. The van der Waals surface area contributed by atoms with E-state index in [1.165, 1.54) is 12.8 Å². The molecule has 82 valence electrons. The van der Waals surface area contributed by atoms with Crippen LogP contribution in [0.1, 0.15) is 19.3 Å². The van der Waals surface area contributed by atoms with Gasteiger partial charge in [0.2, 0.25) is 10.0 Å². The molecule has 14 heavy (non-hydrogen) atoms. The van der Waals surface area contributed by atoms with E-state index in [2.05, 4.69) is 25.6 Å². The standard InChI is InChI=1S/C8H15BrN2O2S/c9-6-14(12,13)10-7-3-4-11(5-7)8-1-2-8/h7-8,10H,1-6H2. The first-order valence-electron chi connectivity index (χ1n) is 4.91. The van der Waals surface area contributed by atoms with Gasteiger partial charge in [-0.05, 0) is 19.3 Å². The fourth-order valence-electron chi connectivity index (χ4n) is 1.94. The second-order valence-electron chi connectivity index (χ2n) is 4.05. The molecule has 1 N–H and O–H groups in total. The summed E-state index contributed by atoms with van der Waals surface area (Å²) in [5.41, 5.74) is 0. The van der Waals surface area contributed by atoms with Crippen molar-refractivity contribution in [2.75, 3.05) is 17.8 Å². The molecule has 4 nitrogen and oxygen atoms in total. The van der Waals surface area contributed by atoms with Crippen LogP contribution < -0.4 is 4.72 Å². The minimum atomic E-state index is -3.09. The molecule has 1 unspecified atom stereocenters. The molecule has 1 saturated heterocycles. The fourth-order valence-corrected chi connectivity index (χ4v) is 3.10. The third-order valence-electron chi connectivity index (χ3n) is 2.77. The van der Waals surface area contributed by atoms with Gasteiger partial charge in [0, 0.05) is 25.2 Å². The molecule has 0 aromatic heterocycles. The summed E-state index contributed by atoms with van der Waals surface area (Å²) in [5, 5.41) is 0. The van der Waals surface area contributed by atoms with Crippen LogP contribution in [0.2, 0.25) is 0 Å². The Kier molecular flexibility index (Phi) is 3.16. The van der Waals surface area contributed by atoms with Crippen LogP contribution in [0.3, 0.4) is 0 Å². The number of rotatable bonds is 4. The van der Waals surface area contributed by atoms with Gasteiger partial charge in [0.25, 0.3) is 0 Å². The molecule has 2 fully saturated rings. The number of hydrogen-bond acceptors (Lipinski definition) is 3. The molecular weight excluding hydrogens is 268 g/mol. The van der Waals surface area contributed by atoms with Gasteiger partial charge in [0.15, 0.2) is 0 Å². The van der Waals surface area contributed by atoms with Crippen LogP contribution in [0.4, 0.5) is 0 Å².